The lowest BCUT2D eigenvalue weighted by Crippen LogP contribution is -2.56. The van der Waals surface area contributed by atoms with Gasteiger partial charge in [0.1, 0.15) is 0 Å². The number of nitrogens with two attached hydrogens (primary N) is 1. The highest BCUT2D eigenvalue weighted by molar-refractivity contribution is 7.90. The standard InChI is InChI=1S/C7H13F3N2O2S/c1-6(4-11,5-2-3-5)12-15(13,14)7(8,9)10/h5,12H,2-4,11H2,1H3. The second-order valence-electron chi connectivity index (χ2n) is 3.95. The molecule has 0 spiro atoms. The Morgan fingerprint density at radius 3 is 2.13 bits per heavy atom. The first-order valence-corrected chi connectivity index (χ1v) is 5.91. The Bertz CT molecular complexity index is 337. The number of halogens is 3. The van der Waals surface area contributed by atoms with Crippen LogP contribution in [0.25, 0.3) is 0 Å². The minimum absolute atomic E-state index is 0.0976. The second kappa shape index (κ2) is 3.60. The van der Waals surface area contributed by atoms with Crippen LogP contribution in [-0.4, -0.2) is 26.0 Å². The quantitative estimate of drug-likeness (QED) is 0.761. The summed E-state index contributed by atoms with van der Waals surface area (Å²) in [5, 5.41) is 0. The molecule has 0 heterocycles. The van der Waals surface area contributed by atoms with Crippen LogP contribution >= 0.6 is 0 Å². The summed E-state index contributed by atoms with van der Waals surface area (Å²) < 4.78 is 59.7. The zero-order valence-electron chi connectivity index (χ0n) is 8.13. The van der Waals surface area contributed by atoms with Gasteiger partial charge < -0.3 is 5.73 Å². The van der Waals surface area contributed by atoms with Crippen LogP contribution in [-0.2, 0) is 10.0 Å². The van der Waals surface area contributed by atoms with Gasteiger partial charge in [-0.2, -0.15) is 17.9 Å². The summed E-state index contributed by atoms with van der Waals surface area (Å²) in [6, 6.07) is 0. The van der Waals surface area contributed by atoms with E-state index in [1.54, 1.807) is 4.72 Å². The number of rotatable bonds is 4. The molecule has 0 saturated heterocycles. The van der Waals surface area contributed by atoms with Crippen molar-refractivity contribution < 1.29 is 21.6 Å². The average Bonchev–Trinajstić information content (AvgIpc) is 2.83. The van der Waals surface area contributed by atoms with Gasteiger partial charge >= 0.3 is 15.5 Å². The molecular formula is C7H13F3N2O2S. The highest BCUT2D eigenvalue weighted by atomic mass is 32.2. The van der Waals surface area contributed by atoms with Gasteiger partial charge in [0.05, 0.1) is 0 Å². The molecule has 90 valence electrons. The molecular weight excluding hydrogens is 233 g/mol. The van der Waals surface area contributed by atoms with Gasteiger partial charge in [-0.25, -0.2) is 8.42 Å². The highest BCUT2D eigenvalue weighted by Gasteiger charge is 2.52. The number of nitrogens with one attached hydrogen (secondary N) is 1. The summed E-state index contributed by atoms with van der Waals surface area (Å²) in [5.41, 5.74) is -1.16. The van der Waals surface area contributed by atoms with Gasteiger partial charge in [0.15, 0.2) is 0 Å². The van der Waals surface area contributed by atoms with Gasteiger partial charge in [-0.15, -0.1) is 0 Å². The van der Waals surface area contributed by atoms with E-state index in [4.69, 9.17) is 5.73 Å². The Labute approximate surface area is 86.1 Å². The summed E-state index contributed by atoms with van der Waals surface area (Å²) in [6.45, 7) is 1.25. The first kappa shape index (κ1) is 12.7. The van der Waals surface area contributed by atoms with Crippen molar-refractivity contribution in [1.82, 2.24) is 4.72 Å². The Balaban J connectivity index is 2.84. The summed E-state index contributed by atoms with van der Waals surface area (Å²) in [7, 11) is -5.30. The van der Waals surface area contributed by atoms with Crippen molar-refractivity contribution in [2.75, 3.05) is 6.54 Å². The smallest absolute Gasteiger partial charge is 0.329 e. The Morgan fingerprint density at radius 1 is 1.40 bits per heavy atom. The maximum absolute atomic E-state index is 12.1. The predicted octanol–water partition coefficient (Wildman–Crippen LogP) is 0.553. The zero-order chi connectivity index (χ0) is 11.9. The van der Waals surface area contributed by atoms with Crippen molar-refractivity contribution >= 4 is 10.0 Å². The molecule has 0 aliphatic heterocycles. The summed E-state index contributed by atoms with van der Waals surface area (Å²) in [4.78, 5) is 0. The molecule has 1 rings (SSSR count). The molecule has 8 heteroatoms. The maximum atomic E-state index is 12.1. The molecule has 0 aromatic heterocycles. The molecule has 4 nitrogen and oxygen atoms in total. The van der Waals surface area contributed by atoms with Crippen LogP contribution in [0.3, 0.4) is 0 Å². The van der Waals surface area contributed by atoms with Gasteiger partial charge in [-0.05, 0) is 25.7 Å². The van der Waals surface area contributed by atoms with Crippen LogP contribution in [0, 0.1) is 5.92 Å². The minimum atomic E-state index is -5.30. The fourth-order valence-corrected chi connectivity index (χ4v) is 2.36. The zero-order valence-corrected chi connectivity index (χ0v) is 8.95. The molecule has 0 aromatic rings. The second-order valence-corrected chi connectivity index (χ2v) is 5.62. The van der Waals surface area contributed by atoms with E-state index in [9.17, 15) is 21.6 Å². The largest absolute Gasteiger partial charge is 0.511 e. The van der Waals surface area contributed by atoms with Crippen molar-refractivity contribution in [2.45, 2.75) is 30.8 Å². The third kappa shape index (κ3) is 2.61. The molecule has 0 amide bonds. The average molecular weight is 246 g/mol. The van der Waals surface area contributed by atoms with Crippen LogP contribution < -0.4 is 10.5 Å². The van der Waals surface area contributed by atoms with Crippen LogP contribution in [0.4, 0.5) is 13.2 Å². The molecule has 0 aromatic carbocycles. The Morgan fingerprint density at radius 2 is 1.87 bits per heavy atom. The van der Waals surface area contributed by atoms with Crippen molar-refractivity contribution in [3.63, 3.8) is 0 Å². The topological polar surface area (TPSA) is 72.2 Å². The normalized spacial score (nSPS) is 22.5. The predicted molar refractivity (Wildman–Crippen MR) is 48.3 cm³/mol. The molecule has 1 unspecified atom stereocenters. The third-order valence-corrected chi connectivity index (χ3v) is 3.92. The molecule has 1 aliphatic rings. The monoisotopic (exact) mass is 246 g/mol. The van der Waals surface area contributed by atoms with Crippen molar-refractivity contribution in [3.05, 3.63) is 0 Å². The minimum Gasteiger partial charge on any atom is -0.329 e. The van der Waals surface area contributed by atoms with Crippen LogP contribution in [0.2, 0.25) is 0 Å². The maximum Gasteiger partial charge on any atom is 0.511 e. The van der Waals surface area contributed by atoms with Crippen LogP contribution in [0.1, 0.15) is 19.8 Å². The Hall–Kier alpha value is -0.340. The molecule has 1 atom stereocenters. The van der Waals surface area contributed by atoms with Gasteiger partial charge in [0.25, 0.3) is 0 Å². The van der Waals surface area contributed by atoms with E-state index < -0.39 is 21.1 Å². The molecule has 1 saturated carbocycles. The lowest BCUT2D eigenvalue weighted by molar-refractivity contribution is -0.0457. The third-order valence-electron chi connectivity index (χ3n) is 2.57. The first-order valence-electron chi connectivity index (χ1n) is 4.43. The lowest BCUT2D eigenvalue weighted by atomic mass is 9.98. The van der Waals surface area contributed by atoms with Crippen LogP contribution in [0.5, 0.6) is 0 Å². The van der Waals surface area contributed by atoms with Gasteiger partial charge in [-0.3, -0.25) is 0 Å². The lowest BCUT2D eigenvalue weighted by Gasteiger charge is -2.29. The van der Waals surface area contributed by atoms with E-state index in [1.807, 2.05) is 0 Å². The molecule has 3 N–H and O–H groups in total. The number of hydrogen-bond acceptors (Lipinski definition) is 3. The van der Waals surface area contributed by atoms with Gasteiger partial charge in [0, 0.05) is 12.1 Å². The van der Waals surface area contributed by atoms with E-state index in [0.29, 0.717) is 12.8 Å². The molecule has 1 fully saturated rings. The highest BCUT2D eigenvalue weighted by Crippen LogP contribution is 2.40. The van der Waals surface area contributed by atoms with E-state index in [0.717, 1.165) is 0 Å². The number of sulfonamides is 1. The molecule has 1 aliphatic carbocycles. The fourth-order valence-electron chi connectivity index (χ4n) is 1.38. The number of hydrogen-bond donors (Lipinski definition) is 2. The molecule has 0 bridgehead atoms. The fraction of sp³-hybridized carbons (Fsp3) is 1.00. The summed E-state index contributed by atoms with van der Waals surface area (Å²) in [6.07, 6.45) is 1.40. The van der Waals surface area contributed by atoms with Crippen molar-refractivity contribution in [2.24, 2.45) is 11.7 Å². The summed E-state index contributed by atoms with van der Waals surface area (Å²) in [5.74, 6) is -0.0976. The molecule has 15 heavy (non-hydrogen) atoms. The van der Waals surface area contributed by atoms with Crippen molar-refractivity contribution in [1.29, 1.82) is 0 Å². The molecule has 0 radical (unpaired) electrons. The van der Waals surface area contributed by atoms with Crippen molar-refractivity contribution in [3.8, 4) is 0 Å². The SMILES string of the molecule is CC(CN)(NS(=O)(=O)C(F)(F)F)C1CC1. The van der Waals surface area contributed by atoms with E-state index >= 15 is 0 Å². The summed E-state index contributed by atoms with van der Waals surface area (Å²) >= 11 is 0. The Kier molecular flexibility index (Phi) is 3.05. The first-order chi connectivity index (χ1) is 6.62. The number of alkyl halides is 3. The van der Waals surface area contributed by atoms with E-state index in [1.165, 1.54) is 6.92 Å². The van der Waals surface area contributed by atoms with Gasteiger partial charge in [0.2, 0.25) is 0 Å². The van der Waals surface area contributed by atoms with Crippen LogP contribution in [0.15, 0.2) is 0 Å². The van der Waals surface area contributed by atoms with Gasteiger partial charge in [-0.1, -0.05) is 0 Å². The van der Waals surface area contributed by atoms with E-state index in [-0.39, 0.29) is 12.5 Å². The van der Waals surface area contributed by atoms with E-state index in [2.05, 4.69) is 0 Å².